The Morgan fingerprint density at radius 3 is 2.31 bits per heavy atom. The van der Waals surface area contributed by atoms with Gasteiger partial charge in [-0.05, 0) is 49.2 Å². The van der Waals surface area contributed by atoms with Crippen LogP contribution in [0.3, 0.4) is 0 Å². The second-order valence-electron chi connectivity index (χ2n) is 6.44. The van der Waals surface area contributed by atoms with Crippen LogP contribution >= 0.6 is 11.6 Å². The molecule has 29 heavy (non-hydrogen) atoms. The summed E-state index contributed by atoms with van der Waals surface area (Å²) in [4.78, 5) is 12.6. The Hall–Kier alpha value is -2.45. The van der Waals surface area contributed by atoms with Gasteiger partial charge in [-0.3, -0.25) is 9.10 Å². The third-order valence-corrected chi connectivity index (χ3v) is 5.89. The minimum Gasteiger partial charge on any atom is -0.497 e. The number of hydrogen-bond acceptors (Lipinski definition) is 5. The van der Waals surface area contributed by atoms with Crippen LogP contribution in [0.2, 0.25) is 5.02 Å². The molecule has 0 heterocycles. The Labute approximate surface area is 176 Å². The molecule has 158 valence electrons. The Balaban J connectivity index is 2.09. The van der Waals surface area contributed by atoms with Crippen molar-refractivity contribution in [3.05, 3.63) is 53.1 Å². The molecule has 0 unspecified atom stereocenters. The van der Waals surface area contributed by atoms with E-state index < -0.39 is 22.0 Å². The van der Waals surface area contributed by atoms with Crippen LogP contribution in [0.1, 0.15) is 12.5 Å². The number of ether oxygens (including phenoxy) is 2. The molecule has 1 amide bonds. The van der Waals surface area contributed by atoms with Gasteiger partial charge in [0.25, 0.3) is 0 Å². The average molecular weight is 441 g/mol. The maximum absolute atomic E-state index is 12.6. The Kier molecular flexibility index (Phi) is 7.75. The van der Waals surface area contributed by atoms with Gasteiger partial charge in [-0.1, -0.05) is 23.7 Å². The first-order valence-corrected chi connectivity index (χ1v) is 11.1. The van der Waals surface area contributed by atoms with Crippen LogP contribution < -0.4 is 19.1 Å². The molecule has 1 N–H and O–H groups in total. The predicted molar refractivity (Wildman–Crippen MR) is 114 cm³/mol. The van der Waals surface area contributed by atoms with Gasteiger partial charge in [-0.25, -0.2) is 8.42 Å². The van der Waals surface area contributed by atoms with E-state index in [9.17, 15) is 13.2 Å². The number of methoxy groups -OCH3 is 2. The molecule has 0 radical (unpaired) electrons. The summed E-state index contributed by atoms with van der Waals surface area (Å²) in [6.45, 7) is 1.90. The summed E-state index contributed by atoms with van der Waals surface area (Å²) in [5.41, 5.74) is 1.32. The van der Waals surface area contributed by atoms with Gasteiger partial charge < -0.3 is 14.8 Å². The number of rotatable bonds is 9. The van der Waals surface area contributed by atoms with Crippen molar-refractivity contribution in [2.75, 3.05) is 31.3 Å². The molecular formula is C20H25ClN2O5S. The topological polar surface area (TPSA) is 84.9 Å². The van der Waals surface area contributed by atoms with Crippen molar-refractivity contribution in [3.8, 4) is 11.5 Å². The number of benzene rings is 2. The van der Waals surface area contributed by atoms with Gasteiger partial charge in [-0.15, -0.1) is 0 Å². The van der Waals surface area contributed by atoms with E-state index in [1.54, 1.807) is 19.2 Å². The number of nitrogens with one attached hydrogen (secondary N) is 1. The van der Waals surface area contributed by atoms with E-state index in [1.165, 1.54) is 20.1 Å². The van der Waals surface area contributed by atoms with Crippen LogP contribution in [-0.4, -0.2) is 47.4 Å². The van der Waals surface area contributed by atoms with Gasteiger partial charge in [0.1, 0.15) is 17.5 Å². The van der Waals surface area contributed by atoms with Crippen molar-refractivity contribution in [2.45, 2.75) is 19.4 Å². The maximum atomic E-state index is 12.6. The van der Waals surface area contributed by atoms with E-state index in [0.717, 1.165) is 21.9 Å². The highest BCUT2D eigenvalue weighted by molar-refractivity contribution is 7.92. The summed E-state index contributed by atoms with van der Waals surface area (Å²) in [5, 5.41) is 3.04. The lowest BCUT2D eigenvalue weighted by molar-refractivity contribution is -0.121. The molecule has 1 atom stereocenters. The Morgan fingerprint density at radius 1 is 1.14 bits per heavy atom. The molecule has 0 aliphatic carbocycles. The summed E-state index contributed by atoms with van der Waals surface area (Å²) in [6, 6.07) is 11.1. The van der Waals surface area contributed by atoms with Crippen LogP contribution in [0.15, 0.2) is 42.5 Å². The monoisotopic (exact) mass is 440 g/mol. The first-order chi connectivity index (χ1) is 13.7. The van der Waals surface area contributed by atoms with Gasteiger partial charge in [-0.2, -0.15) is 0 Å². The summed E-state index contributed by atoms with van der Waals surface area (Å²) >= 11 is 6.13. The van der Waals surface area contributed by atoms with Crippen LogP contribution in [0.25, 0.3) is 0 Å². The fourth-order valence-electron chi connectivity index (χ4n) is 2.87. The molecule has 0 aromatic heterocycles. The number of hydrogen-bond donors (Lipinski definition) is 1. The first-order valence-electron chi connectivity index (χ1n) is 8.91. The number of nitrogens with zero attached hydrogens (tertiary/aromatic N) is 1. The van der Waals surface area contributed by atoms with Crippen molar-refractivity contribution in [1.82, 2.24) is 5.32 Å². The minimum absolute atomic E-state index is 0.255. The fourth-order valence-corrected chi connectivity index (χ4v) is 4.29. The predicted octanol–water partition coefficient (Wildman–Crippen LogP) is 2.87. The molecule has 2 rings (SSSR count). The minimum atomic E-state index is -3.72. The highest BCUT2D eigenvalue weighted by Gasteiger charge is 2.29. The van der Waals surface area contributed by atoms with Crippen molar-refractivity contribution < 1.29 is 22.7 Å². The van der Waals surface area contributed by atoms with Gasteiger partial charge in [0.15, 0.2) is 0 Å². The number of amides is 1. The fraction of sp³-hybridized carbons (Fsp3) is 0.350. The average Bonchev–Trinajstić information content (AvgIpc) is 2.67. The highest BCUT2D eigenvalue weighted by atomic mass is 35.5. The van der Waals surface area contributed by atoms with Crippen LogP contribution in [-0.2, 0) is 21.2 Å². The highest BCUT2D eigenvalue weighted by Crippen LogP contribution is 2.31. The van der Waals surface area contributed by atoms with Crippen molar-refractivity contribution >= 4 is 33.2 Å². The van der Waals surface area contributed by atoms with E-state index >= 15 is 0 Å². The lowest BCUT2D eigenvalue weighted by Gasteiger charge is -2.28. The second kappa shape index (κ2) is 9.84. The van der Waals surface area contributed by atoms with Crippen molar-refractivity contribution in [2.24, 2.45) is 0 Å². The molecule has 0 saturated heterocycles. The van der Waals surface area contributed by atoms with Gasteiger partial charge in [0.2, 0.25) is 15.9 Å². The van der Waals surface area contributed by atoms with Crippen LogP contribution in [0.5, 0.6) is 11.5 Å². The zero-order valence-electron chi connectivity index (χ0n) is 16.8. The maximum Gasteiger partial charge on any atom is 0.243 e. The third kappa shape index (κ3) is 6.01. The molecule has 0 spiro atoms. The number of carbonyl (C=O) groups is 1. The lowest BCUT2D eigenvalue weighted by Crippen LogP contribution is -2.48. The molecule has 0 aliphatic heterocycles. The second-order valence-corrected chi connectivity index (χ2v) is 8.71. The number of halogens is 1. The van der Waals surface area contributed by atoms with E-state index in [-0.39, 0.29) is 10.7 Å². The summed E-state index contributed by atoms with van der Waals surface area (Å²) in [6.07, 6.45) is 1.65. The molecule has 0 fully saturated rings. The van der Waals surface area contributed by atoms with Crippen molar-refractivity contribution in [1.29, 1.82) is 0 Å². The Morgan fingerprint density at radius 2 is 1.79 bits per heavy atom. The molecule has 2 aromatic rings. The van der Waals surface area contributed by atoms with E-state index in [4.69, 9.17) is 21.1 Å². The first kappa shape index (κ1) is 22.8. The van der Waals surface area contributed by atoms with Crippen LogP contribution in [0, 0.1) is 0 Å². The molecule has 9 heteroatoms. The normalized spacial score (nSPS) is 12.2. The molecular weight excluding hydrogens is 416 g/mol. The molecule has 7 nitrogen and oxygen atoms in total. The number of anilines is 1. The number of sulfonamides is 1. The zero-order chi connectivity index (χ0) is 21.6. The number of carbonyl (C=O) groups excluding carboxylic acids is 1. The van der Waals surface area contributed by atoms with Gasteiger partial charge in [0.05, 0.1) is 31.2 Å². The zero-order valence-corrected chi connectivity index (χ0v) is 18.4. The van der Waals surface area contributed by atoms with E-state index in [1.807, 2.05) is 24.3 Å². The van der Waals surface area contributed by atoms with E-state index in [2.05, 4.69) is 5.32 Å². The largest absolute Gasteiger partial charge is 0.497 e. The van der Waals surface area contributed by atoms with Gasteiger partial charge in [0, 0.05) is 6.54 Å². The standard InChI is InChI=1S/C20H25ClN2O5S/c1-14(20(24)22-12-11-15-5-8-17(27-2)9-6-15)23(29(4,25)26)16-7-10-19(28-3)18(21)13-16/h5-10,13-14H,11-12H2,1-4H3,(H,22,24)/t14-/m1/s1. The molecule has 0 saturated carbocycles. The lowest BCUT2D eigenvalue weighted by atomic mass is 10.1. The molecule has 2 aromatic carbocycles. The smallest absolute Gasteiger partial charge is 0.243 e. The van der Waals surface area contributed by atoms with Crippen molar-refractivity contribution in [3.63, 3.8) is 0 Å². The third-order valence-electron chi connectivity index (χ3n) is 4.35. The van der Waals surface area contributed by atoms with Gasteiger partial charge >= 0.3 is 0 Å². The van der Waals surface area contributed by atoms with Crippen LogP contribution in [0.4, 0.5) is 5.69 Å². The summed E-state index contributed by atoms with van der Waals surface area (Å²) in [5.74, 6) is 0.768. The summed E-state index contributed by atoms with van der Waals surface area (Å²) in [7, 11) is -0.661. The molecule has 0 bridgehead atoms. The molecule has 0 aliphatic rings. The summed E-state index contributed by atoms with van der Waals surface area (Å²) < 4.78 is 36.0. The Bertz CT molecular complexity index is 948. The van der Waals surface area contributed by atoms with E-state index in [0.29, 0.717) is 18.7 Å². The SMILES string of the molecule is COc1ccc(CCNC(=O)[C@@H](C)N(c2ccc(OC)c(Cl)c2)S(C)(=O)=O)cc1. The quantitative estimate of drug-likeness (QED) is 0.648.